The first-order valence-electron chi connectivity index (χ1n) is 1.91. The summed E-state index contributed by atoms with van der Waals surface area (Å²) in [6.45, 7) is 0.101. The Bertz CT molecular complexity index is 72.7. The van der Waals surface area contributed by atoms with Crippen molar-refractivity contribution in [1.29, 1.82) is 0 Å². The zero-order chi connectivity index (χ0) is 5.49. The molecule has 42 valence electrons. The smallest absolute Gasteiger partial charge is 0.303 e. The summed E-state index contributed by atoms with van der Waals surface area (Å²) in [5, 5.41) is 2.15. The largest absolute Gasteiger partial charge is 0.405 e. The minimum atomic E-state index is -4.00. The number of halogens is 3. The van der Waals surface area contributed by atoms with Crippen molar-refractivity contribution >= 4 is 0 Å². The van der Waals surface area contributed by atoms with Gasteiger partial charge in [-0.25, -0.2) is 0 Å². The van der Waals surface area contributed by atoms with Crippen LogP contribution in [-0.2, 0) is 0 Å². The van der Waals surface area contributed by atoms with Gasteiger partial charge >= 0.3 is 6.18 Å². The lowest BCUT2D eigenvalue weighted by Crippen LogP contribution is -2.18. The molecule has 1 N–H and O–H groups in total. The van der Waals surface area contributed by atoms with Crippen LogP contribution in [0.5, 0.6) is 0 Å². The predicted molar refractivity (Wildman–Crippen MR) is 17.8 cm³/mol. The van der Waals surface area contributed by atoms with Crippen molar-refractivity contribution in [3.8, 4) is 0 Å². The van der Waals surface area contributed by atoms with Crippen LogP contribution in [-0.4, -0.2) is 18.8 Å². The van der Waals surface area contributed by atoms with Crippen molar-refractivity contribution < 1.29 is 13.2 Å². The van der Waals surface area contributed by atoms with E-state index in [-0.39, 0.29) is 6.54 Å². The highest BCUT2D eigenvalue weighted by atomic mass is 19.4. The van der Waals surface area contributed by atoms with Crippen LogP contribution in [0.2, 0.25) is 0 Å². The topological polar surface area (TPSA) is 21.9 Å². The number of hydrogen-bond donors (Lipinski definition) is 1. The second-order valence-electron chi connectivity index (χ2n) is 1.50. The Hall–Kier alpha value is -0.250. The van der Waals surface area contributed by atoms with Crippen LogP contribution in [0, 0.1) is 0 Å². The molecule has 0 aromatic carbocycles. The third-order valence-corrected chi connectivity index (χ3v) is 0.803. The van der Waals surface area contributed by atoms with Crippen LogP contribution in [0.15, 0.2) is 0 Å². The minimum Gasteiger partial charge on any atom is -0.303 e. The molecule has 0 spiro atoms. The maximum atomic E-state index is 11.2. The molecule has 0 unspecified atom stereocenters. The molecule has 0 aromatic rings. The van der Waals surface area contributed by atoms with Crippen LogP contribution in [0.3, 0.4) is 0 Å². The van der Waals surface area contributed by atoms with E-state index in [2.05, 4.69) is 5.32 Å². The zero-order valence-corrected chi connectivity index (χ0v) is 3.42. The van der Waals surface area contributed by atoms with E-state index in [0.29, 0.717) is 0 Å². The summed E-state index contributed by atoms with van der Waals surface area (Å²) in [5.74, 6) is 0. The van der Waals surface area contributed by atoms with Crippen molar-refractivity contribution in [2.75, 3.05) is 6.54 Å². The quantitative estimate of drug-likeness (QED) is 0.452. The molecule has 1 atom stereocenters. The molecule has 0 aliphatic carbocycles. The molecule has 0 amide bonds. The lowest BCUT2D eigenvalue weighted by atomic mass is 10.5. The number of alkyl halides is 3. The SMILES string of the molecule is FC(F)(F)[C@H]1CN1. The Morgan fingerprint density at radius 2 is 1.86 bits per heavy atom. The summed E-state index contributed by atoms with van der Waals surface area (Å²) in [7, 11) is 0. The molecule has 1 fully saturated rings. The third kappa shape index (κ3) is 1.06. The molecular formula is C3H4F3N. The molecular weight excluding hydrogens is 107 g/mol. The summed E-state index contributed by atoms with van der Waals surface area (Å²) in [5.41, 5.74) is 0. The highest BCUT2D eigenvalue weighted by Gasteiger charge is 2.46. The van der Waals surface area contributed by atoms with E-state index < -0.39 is 12.2 Å². The molecule has 0 saturated carbocycles. The molecule has 1 aliphatic heterocycles. The van der Waals surface area contributed by atoms with E-state index in [9.17, 15) is 13.2 Å². The lowest BCUT2D eigenvalue weighted by Gasteiger charge is -1.98. The van der Waals surface area contributed by atoms with Crippen molar-refractivity contribution in [3.63, 3.8) is 0 Å². The minimum absolute atomic E-state index is 0.101. The summed E-state index contributed by atoms with van der Waals surface area (Å²) in [6.07, 6.45) is -4.00. The zero-order valence-electron chi connectivity index (χ0n) is 3.42. The van der Waals surface area contributed by atoms with Crippen molar-refractivity contribution in [2.45, 2.75) is 12.2 Å². The second-order valence-corrected chi connectivity index (χ2v) is 1.50. The monoisotopic (exact) mass is 111 g/mol. The number of hydrogen-bond acceptors (Lipinski definition) is 1. The lowest BCUT2D eigenvalue weighted by molar-refractivity contribution is -0.128. The highest BCUT2D eigenvalue weighted by Crippen LogP contribution is 2.24. The fourth-order valence-electron chi connectivity index (χ4n) is 0.290. The van der Waals surface area contributed by atoms with E-state index in [0.717, 1.165) is 0 Å². The standard InChI is InChI=1S/C3H4F3N/c4-3(5,6)2-1-7-2/h2,7H,1H2/t2-/m1/s1. The van der Waals surface area contributed by atoms with Crippen molar-refractivity contribution in [3.05, 3.63) is 0 Å². The van der Waals surface area contributed by atoms with Crippen molar-refractivity contribution in [1.82, 2.24) is 5.32 Å². The normalized spacial score (nSPS) is 30.4. The van der Waals surface area contributed by atoms with Gasteiger partial charge in [-0.1, -0.05) is 0 Å². The Morgan fingerprint density at radius 3 is 1.86 bits per heavy atom. The fraction of sp³-hybridized carbons (Fsp3) is 1.00. The van der Waals surface area contributed by atoms with Crippen LogP contribution < -0.4 is 5.32 Å². The van der Waals surface area contributed by atoms with Gasteiger partial charge in [0.15, 0.2) is 0 Å². The third-order valence-electron chi connectivity index (χ3n) is 0.803. The van der Waals surface area contributed by atoms with E-state index in [1.165, 1.54) is 0 Å². The Balaban J connectivity index is 2.36. The van der Waals surface area contributed by atoms with Gasteiger partial charge in [-0.2, -0.15) is 13.2 Å². The molecule has 0 bridgehead atoms. The average molecular weight is 111 g/mol. The van der Waals surface area contributed by atoms with E-state index in [1.54, 1.807) is 0 Å². The molecule has 0 radical (unpaired) electrons. The molecule has 4 heteroatoms. The molecule has 1 saturated heterocycles. The summed E-state index contributed by atoms with van der Waals surface area (Å²) in [6, 6.07) is -1.20. The summed E-state index contributed by atoms with van der Waals surface area (Å²) >= 11 is 0. The molecule has 1 aliphatic rings. The maximum Gasteiger partial charge on any atom is 0.405 e. The van der Waals surface area contributed by atoms with Gasteiger partial charge in [-0.3, -0.25) is 0 Å². The van der Waals surface area contributed by atoms with Crippen LogP contribution in [0.1, 0.15) is 0 Å². The first-order chi connectivity index (χ1) is 3.11. The second kappa shape index (κ2) is 1.12. The Morgan fingerprint density at radius 1 is 1.43 bits per heavy atom. The van der Waals surface area contributed by atoms with Gasteiger partial charge in [0.1, 0.15) is 6.04 Å². The summed E-state index contributed by atoms with van der Waals surface area (Å²) < 4.78 is 33.5. The van der Waals surface area contributed by atoms with Gasteiger partial charge in [0.05, 0.1) is 0 Å². The van der Waals surface area contributed by atoms with Crippen LogP contribution >= 0.6 is 0 Å². The number of rotatable bonds is 0. The van der Waals surface area contributed by atoms with Crippen LogP contribution in [0.25, 0.3) is 0 Å². The van der Waals surface area contributed by atoms with Crippen molar-refractivity contribution in [2.24, 2.45) is 0 Å². The van der Waals surface area contributed by atoms with Gasteiger partial charge < -0.3 is 5.32 Å². The fourth-order valence-corrected chi connectivity index (χ4v) is 0.290. The molecule has 1 nitrogen and oxygen atoms in total. The maximum absolute atomic E-state index is 11.2. The Kier molecular flexibility index (Phi) is 0.786. The molecule has 1 rings (SSSR count). The van der Waals surface area contributed by atoms with E-state index in [4.69, 9.17) is 0 Å². The Labute approximate surface area is 38.5 Å². The first kappa shape index (κ1) is 4.90. The average Bonchev–Trinajstić information content (AvgIpc) is 1.99. The van der Waals surface area contributed by atoms with Gasteiger partial charge in [-0.05, 0) is 0 Å². The van der Waals surface area contributed by atoms with Gasteiger partial charge in [0.2, 0.25) is 0 Å². The number of nitrogens with one attached hydrogen (secondary N) is 1. The van der Waals surface area contributed by atoms with E-state index in [1.807, 2.05) is 0 Å². The van der Waals surface area contributed by atoms with Gasteiger partial charge in [-0.15, -0.1) is 0 Å². The molecule has 7 heavy (non-hydrogen) atoms. The van der Waals surface area contributed by atoms with Gasteiger partial charge in [0.25, 0.3) is 0 Å². The molecule has 0 aromatic heterocycles. The first-order valence-corrected chi connectivity index (χ1v) is 1.91. The van der Waals surface area contributed by atoms with Gasteiger partial charge in [0, 0.05) is 6.54 Å². The predicted octanol–water partition coefficient (Wildman–Crippen LogP) is 0.520. The van der Waals surface area contributed by atoms with E-state index >= 15 is 0 Å². The van der Waals surface area contributed by atoms with Crippen LogP contribution in [0.4, 0.5) is 13.2 Å². The summed E-state index contributed by atoms with van der Waals surface area (Å²) in [4.78, 5) is 0. The highest BCUT2D eigenvalue weighted by molar-refractivity contribution is 4.89. The molecule has 1 heterocycles.